The SMILES string of the molecule is Cc1c(C(=O)N2CCC[C@H](C)C2)sc2nc3n(c(=O)c12)CCC3. The number of carbonyl (C=O) groups is 1. The molecule has 1 atom stereocenters. The van der Waals surface area contributed by atoms with Crippen LogP contribution in [0.3, 0.4) is 0 Å². The van der Waals surface area contributed by atoms with Crippen molar-refractivity contribution in [2.75, 3.05) is 13.1 Å². The number of carbonyl (C=O) groups excluding carboxylic acids is 1. The van der Waals surface area contributed by atoms with Gasteiger partial charge >= 0.3 is 0 Å². The molecule has 122 valence electrons. The molecule has 0 saturated carbocycles. The van der Waals surface area contributed by atoms with Crippen LogP contribution >= 0.6 is 11.3 Å². The summed E-state index contributed by atoms with van der Waals surface area (Å²) in [4.78, 5) is 33.6. The molecular weight excluding hydrogens is 310 g/mol. The molecule has 2 aromatic rings. The molecule has 0 N–H and O–H groups in total. The van der Waals surface area contributed by atoms with E-state index in [1.165, 1.54) is 17.8 Å². The van der Waals surface area contributed by atoms with Crippen LogP contribution in [0.25, 0.3) is 10.2 Å². The fraction of sp³-hybridized carbons (Fsp3) is 0.588. The number of rotatable bonds is 1. The molecule has 1 amide bonds. The van der Waals surface area contributed by atoms with Gasteiger partial charge in [-0.3, -0.25) is 14.2 Å². The van der Waals surface area contributed by atoms with Gasteiger partial charge in [0.25, 0.3) is 11.5 Å². The molecule has 1 saturated heterocycles. The molecule has 0 unspecified atom stereocenters. The first kappa shape index (κ1) is 14.9. The monoisotopic (exact) mass is 331 g/mol. The van der Waals surface area contributed by atoms with E-state index in [9.17, 15) is 9.59 Å². The molecule has 0 bridgehead atoms. The van der Waals surface area contributed by atoms with Crippen molar-refractivity contribution < 1.29 is 4.79 Å². The predicted octanol–water partition coefficient (Wildman–Crippen LogP) is 2.58. The number of hydrogen-bond acceptors (Lipinski definition) is 4. The van der Waals surface area contributed by atoms with Crippen LogP contribution in [0.2, 0.25) is 0 Å². The molecule has 0 spiro atoms. The summed E-state index contributed by atoms with van der Waals surface area (Å²) in [7, 11) is 0. The van der Waals surface area contributed by atoms with Gasteiger partial charge in [0, 0.05) is 26.1 Å². The Morgan fingerprint density at radius 3 is 2.91 bits per heavy atom. The van der Waals surface area contributed by atoms with E-state index in [1.54, 1.807) is 4.57 Å². The summed E-state index contributed by atoms with van der Waals surface area (Å²) in [6.45, 7) is 6.47. The third-order valence-corrected chi connectivity index (χ3v) is 6.22. The minimum atomic E-state index is 0.0299. The number of amides is 1. The Morgan fingerprint density at radius 1 is 1.30 bits per heavy atom. The van der Waals surface area contributed by atoms with Gasteiger partial charge < -0.3 is 4.90 Å². The molecule has 2 aromatic heterocycles. The van der Waals surface area contributed by atoms with E-state index in [0.29, 0.717) is 16.2 Å². The molecular formula is C17H21N3O2S. The first-order valence-corrected chi connectivity index (χ1v) is 9.20. The highest BCUT2D eigenvalue weighted by atomic mass is 32.1. The zero-order chi connectivity index (χ0) is 16.1. The van der Waals surface area contributed by atoms with Crippen molar-refractivity contribution in [2.24, 2.45) is 5.92 Å². The van der Waals surface area contributed by atoms with Crippen LogP contribution in [0.5, 0.6) is 0 Å². The third kappa shape index (κ3) is 2.31. The van der Waals surface area contributed by atoms with Crippen LogP contribution in [0, 0.1) is 12.8 Å². The van der Waals surface area contributed by atoms with Crippen LogP contribution in [0.1, 0.15) is 47.2 Å². The lowest BCUT2D eigenvalue weighted by molar-refractivity contribution is 0.0687. The summed E-state index contributed by atoms with van der Waals surface area (Å²) < 4.78 is 1.78. The Bertz CT molecular complexity index is 852. The molecule has 1 fully saturated rings. The fourth-order valence-electron chi connectivity index (χ4n) is 3.80. The van der Waals surface area contributed by atoms with Crippen molar-refractivity contribution in [1.29, 1.82) is 0 Å². The number of nitrogens with zero attached hydrogens (tertiary/aromatic N) is 3. The van der Waals surface area contributed by atoms with E-state index in [0.717, 1.165) is 55.1 Å². The van der Waals surface area contributed by atoms with Gasteiger partial charge in [-0.15, -0.1) is 11.3 Å². The van der Waals surface area contributed by atoms with Crippen LogP contribution in [0.15, 0.2) is 4.79 Å². The Balaban J connectivity index is 1.79. The molecule has 23 heavy (non-hydrogen) atoms. The number of piperidine rings is 1. The maximum atomic E-state index is 12.9. The largest absolute Gasteiger partial charge is 0.338 e. The second-order valence-corrected chi connectivity index (χ2v) is 7.82. The smallest absolute Gasteiger partial charge is 0.264 e. The summed E-state index contributed by atoms with van der Waals surface area (Å²) in [5.74, 6) is 1.49. The van der Waals surface area contributed by atoms with E-state index in [4.69, 9.17) is 0 Å². The zero-order valence-electron chi connectivity index (χ0n) is 13.6. The van der Waals surface area contributed by atoms with Gasteiger partial charge in [-0.2, -0.15) is 0 Å². The molecule has 2 aliphatic heterocycles. The summed E-state index contributed by atoms with van der Waals surface area (Å²) in [5.41, 5.74) is 0.843. The maximum absolute atomic E-state index is 12.9. The predicted molar refractivity (Wildman–Crippen MR) is 91.2 cm³/mol. The maximum Gasteiger partial charge on any atom is 0.264 e. The standard InChI is InChI=1S/C17H21N3O2S/c1-10-5-3-7-19(9-10)17(22)14-11(2)13-15(23-14)18-12-6-4-8-20(12)16(13)21/h10H,3-9H2,1-2H3/t10-/m0/s1. The Labute approximate surface area is 138 Å². The van der Waals surface area contributed by atoms with Crippen LogP contribution in [0.4, 0.5) is 0 Å². The number of fused-ring (bicyclic) bond motifs is 2. The van der Waals surface area contributed by atoms with Crippen LogP contribution < -0.4 is 5.56 Å². The minimum absolute atomic E-state index is 0.0299. The van der Waals surface area contributed by atoms with E-state index >= 15 is 0 Å². The lowest BCUT2D eigenvalue weighted by atomic mass is 10.00. The Morgan fingerprint density at radius 2 is 2.13 bits per heavy atom. The van der Waals surface area contributed by atoms with E-state index < -0.39 is 0 Å². The Kier molecular flexibility index (Phi) is 3.52. The van der Waals surface area contributed by atoms with Gasteiger partial charge in [-0.1, -0.05) is 6.92 Å². The second kappa shape index (κ2) is 5.44. The van der Waals surface area contributed by atoms with Crippen molar-refractivity contribution in [3.63, 3.8) is 0 Å². The number of thiophene rings is 1. The van der Waals surface area contributed by atoms with Crippen molar-refractivity contribution in [3.05, 3.63) is 26.6 Å². The highest BCUT2D eigenvalue weighted by Gasteiger charge is 2.27. The zero-order valence-corrected chi connectivity index (χ0v) is 14.4. The summed E-state index contributed by atoms with van der Waals surface area (Å²) >= 11 is 1.39. The average molecular weight is 331 g/mol. The van der Waals surface area contributed by atoms with E-state index in [2.05, 4.69) is 11.9 Å². The first-order chi connectivity index (χ1) is 11.1. The summed E-state index contributed by atoms with van der Waals surface area (Å²) in [5, 5.41) is 0.647. The highest BCUT2D eigenvalue weighted by Crippen LogP contribution is 2.30. The molecule has 0 aliphatic carbocycles. The minimum Gasteiger partial charge on any atom is -0.338 e. The van der Waals surface area contributed by atoms with Crippen molar-refractivity contribution >= 4 is 27.5 Å². The number of likely N-dealkylation sites (tertiary alicyclic amines) is 1. The van der Waals surface area contributed by atoms with E-state index in [-0.39, 0.29) is 11.5 Å². The number of aryl methyl sites for hydroxylation is 2. The van der Waals surface area contributed by atoms with E-state index in [1.807, 2.05) is 11.8 Å². The van der Waals surface area contributed by atoms with Gasteiger partial charge in [0.15, 0.2) is 0 Å². The molecule has 0 aromatic carbocycles. The van der Waals surface area contributed by atoms with Crippen molar-refractivity contribution in [1.82, 2.24) is 14.5 Å². The Hall–Kier alpha value is -1.69. The van der Waals surface area contributed by atoms with Crippen LogP contribution in [-0.2, 0) is 13.0 Å². The van der Waals surface area contributed by atoms with Crippen molar-refractivity contribution in [3.8, 4) is 0 Å². The van der Waals surface area contributed by atoms with Gasteiger partial charge in [-0.05, 0) is 37.7 Å². The topological polar surface area (TPSA) is 55.2 Å². The molecule has 0 radical (unpaired) electrons. The van der Waals surface area contributed by atoms with Crippen molar-refractivity contribution in [2.45, 2.75) is 46.1 Å². The van der Waals surface area contributed by atoms with Gasteiger partial charge in [0.1, 0.15) is 10.7 Å². The molecule has 2 aliphatic rings. The second-order valence-electron chi connectivity index (χ2n) is 6.82. The lowest BCUT2D eigenvalue weighted by Gasteiger charge is -2.30. The van der Waals surface area contributed by atoms with Gasteiger partial charge in [-0.25, -0.2) is 4.98 Å². The molecule has 5 nitrogen and oxygen atoms in total. The lowest BCUT2D eigenvalue weighted by Crippen LogP contribution is -2.39. The summed E-state index contributed by atoms with van der Waals surface area (Å²) in [6.07, 6.45) is 4.09. The summed E-state index contributed by atoms with van der Waals surface area (Å²) in [6, 6.07) is 0. The highest BCUT2D eigenvalue weighted by molar-refractivity contribution is 7.20. The van der Waals surface area contributed by atoms with Gasteiger partial charge in [0.2, 0.25) is 0 Å². The molecule has 6 heteroatoms. The third-order valence-electron chi connectivity index (χ3n) is 5.05. The first-order valence-electron chi connectivity index (χ1n) is 8.38. The number of aromatic nitrogens is 2. The van der Waals surface area contributed by atoms with Crippen LogP contribution in [-0.4, -0.2) is 33.4 Å². The molecule has 4 rings (SSSR count). The normalized spacial score (nSPS) is 21.0. The fourth-order valence-corrected chi connectivity index (χ4v) is 4.96. The molecule has 4 heterocycles. The quantitative estimate of drug-likeness (QED) is 0.807. The average Bonchev–Trinajstić information content (AvgIpc) is 3.12. The van der Waals surface area contributed by atoms with Gasteiger partial charge in [0.05, 0.1) is 10.3 Å². The number of hydrogen-bond donors (Lipinski definition) is 0.